The molecule has 0 aliphatic carbocycles. The standard InChI is InChI=1S/C20H34N4O/c1-5-6-7-8-17(3)21-20(25)22-19-10-9-18(15-16(19)2)24-13-11-23(4)12-14-24/h9-10,15,17H,5-8,11-14H2,1-4H3,(H2,21,22,25)/t17-/m1/s1. The number of unbranched alkanes of at least 4 members (excludes halogenated alkanes) is 2. The van der Waals surface area contributed by atoms with Gasteiger partial charge in [0.15, 0.2) is 0 Å². The Hall–Kier alpha value is -1.75. The number of likely N-dealkylation sites (N-methyl/N-ethyl adjacent to an activating group) is 1. The predicted octanol–water partition coefficient (Wildman–Crippen LogP) is 3.84. The van der Waals surface area contributed by atoms with Crippen LogP contribution in [0.2, 0.25) is 0 Å². The van der Waals surface area contributed by atoms with E-state index in [1.165, 1.54) is 18.5 Å². The molecule has 25 heavy (non-hydrogen) atoms. The largest absolute Gasteiger partial charge is 0.369 e. The molecule has 0 radical (unpaired) electrons. The summed E-state index contributed by atoms with van der Waals surface area (Å²) in [5.74, 6) is 0. The van der Waals surface area contributed by atoms with Gasteiger partial charge in [-0.05, 0) is 51.1 Å². The van der Waals surface area contributed by atoms with E-state index >= 15 is 0 Å². The van der Waals surface area contributed by atoms with E-state index in [2.05, 4.69) is 60.4 Å². The lowest BCUT2D eigenvalue weighted by Gasteiger charge is -2.34. The summed E-state index contributed by atoms with van der Waals surface area (Å²) in [6.45, 7) is 10.6. The third-order valence-corrected chi connectivity index (χ3v) is 4.94. The van der Waals surface area contributed by atoms with Crippen molar-refractivity contribution in [3.8, 4) is 0 Å². The Bertz CT molecular complexity index is 553. The highest BCUT2D eigenvalue weighted by atomic mass is 16.2. The van der Waals surface area contributed by atoms with Crippen LogP contribution in [0.15, 0.2) is 18.2 Å². The topological polar surface area (TPSA) is 47.6 Å². The third kappa shape index (κ3) is 6.24. The molecule has 0 bridgehead atoms. The Kier molecular flexibility index (Phi) is 7.56. The Morgan fingerprint density at radius 2 is 1.92 bits per heavy atom. The number of nitrogens with zero attached hydrogens (tertiary/aromatic N) is 2. The van der Waals surface area contributed by atoms with Gasteiger partial charge in [-0.2, -0.15) is 0 Å². The fourth-order valence-corrected chi connectivity index (χ4v) is 3.20. The molecular formula is C20H34N4O. The fraction of sp³-hybridized carbons (Fsp3) is 0.650. The second kappa shape index (κ2) is 9.66. The van der Waals surface area contributed by atoms with Crippen molar-refractivity contribution in [2.45, 2.75) is 52.5 Å². The van der Waals surface area contributed by atoms with Gasteiger partial charge in [-0.15, -0.1) is 0 Å². The molecule has 5 nitrogen and oxygen atoms in total. The first-order valence-corrected chi connectivity index (χ1v) is 9.61. The highest BCUT2D eigenvalue weighted by molar-refractivity contribution is 5.90. The minimum absolute atomic E-state index is 0.112. The van der Waals surface area contributed by atoms with Crippen molar-refractivity contribution in [2.75, 3.05) is 43.4 Å². The van der Waals surface area contributed by atoms with E-state index in [1.54, 1.807) is 0 Å². The number of nitrogens with one attached hydrogen (secondary N) is 2. The van der Waals surface area contributed by atoms with Crippen LogP contribution in [-0.2, 0) is 0 Å². The van der Waals surface area contributed by atoms with Gasteiger partial charge in [0.1, 0.15) is 0 Å². The molecule has 0 spiro atoms. The molecule has 1 saturated heterocycles. The Morgan fingerprint density at radius 3 is 2.56 bits per heavy atom. The van der Waals surface area contributed by atoms with E-state index in [0.717, 1.165) is 50.3 Å². The lowest BCUT2D eigenvalue weighted by molar-refractivity contribution is 0.248. The van der Waals surface area contributed by atoms with Crippen LogP contribution < -0.4 is 15.5 Å². The first kappa shape index (κ1) is 19.6. The summed E-state index contributed by atoms with van der Waals surface area (Å²) in [5.41, 5.74) is 3.23. The second-order valence-corrected chi connectivity index (χ2v) is 7.28. The second-order valence-electron chi connectivity index (χ2n) is 7.28. The fourth-order valence-electron chi connectivity index (χ4n) is 3.20. The smallest absolute Gasteiger partial charge is 0.319 e. The lowest BCUT2D eigenvalue weighted by atomic mass is 10.1. The zero-order valence-corrected chi connectivity index (χ0v) is 16.3. The quantitative estimate of drug-likeness (QED) is 0.738. The van der Waals surface area contributed by atoms with Crippen LogP contribution in [0.1, 0.15) is 45.1 Å². The van der Waals surface area contributed by atoms with Gasteiger partial charge in [-0.3, -0.25) is 0 Å². The van der Waals surface area contributed by atoms with Crippen LogP contribution in [-0.4, -0.2) is 50.2 Å². The number of benzene rings is 1. The Morgan fingerprint density at radius 1 is 1.20 bits per heavy atom. The number of rotatable bonds is 7. The van der Waals surface area contributed by atoms with Gasteiger partial charge in [0.2, 0.25) is 0 Å². The Balaban J connectivity index is 1.86. The van der Waals surface area contributed by atoms with Gasteiger partial charge in [0.05, 0.1) is 0 Å². The summed E-state index contributed by atoms with van der Waals surface area (Å²) in [7, 11) is 2.16. The molecule has 0 aromatic heterocycles. The van der Waals surface area contributed by atoms with Gasteiger partial charge >= 0.3 is 6.03 Å². The van der Waals surface area contributed by atoms with Crippen molar-refractivity contribution < 1.29 is 4.79 Å². The molecular weight excluding hydrogens is 312 g/mol. The van der Waals surface area contributed by atoms with Gasteiger partial charge in [0, 0.05) is 43.6 Å². The summed E-state index contributed by atoms with van der Waals surface area (Å²) in [6, 6.07) is 6.39. The van der Waals surface area contributed by atoms with Gasteiger partial charge < -0.3 is 20.4 Å². The van der Waals surface area contributed by atoms with Crippen LogP contribution >= 0.6 is 0 Å². The predicted molar refractivity (Wildman–Crippen MR) is 107 cm³/mol. The van der Waals surface area contributed by atoms with Crippen molar-refractivity contribution in [1.82, 2.24) is 10.2 Å². The molecule has 1 heterocycles. The van der Waals surface area contributed by atoms with E-state index in [1.807, 2.05) is 6.07 Å². The minimum atomic E-state index is -0.112. The number of piperazine rings is 1. The van der Waals surface area contributed by atoms with Crippen molar-refractivity contribution in [3.63, 3.8) is 0 Å². The monoisotopic (exact) mass is 346 g/mol. The number of carbonyl (C=O) groups is 1. The molecule has 1 aromatic rings. The maximum Gasteiger partial charge on any atom is 0.319 e. The van der Waals surface area contributed by atoms with Crippen LogP contribution in [0.5, 0.6) is 0 Å². The molecule has 1 atom stereocenters. The summed E-state index contributed by atoms with van der Waals surface area (Å²) in [4.78, 5) is 17.0. The van der Waals surface area contributed by atoms with Crippen LogP contribution in [0, 0.1) is 6.92 Å². The normalized spacial score (nSPS) is 16.6. The molecule has 0 saturated carbocycles. The molecule has 140 valence electrons. The van der Waals surface area contributed by atoms with Crippen molar-refractivity contribution in [2.24, 2.45) is 0 Å². The summed E-state index contributed by atoms with van der Waals surface area (Å²) >= 11 is 0. The van der Waals surface area contributed by atoms with Crippen LogP contribution in [0.3, 0.4) is 0 Å². The molecule has 1 aliphatic rings. The summed E-state index contributed by atoms with van der Waals surface area (Å²) < 4.78 is 0. The van der Waals surface area contributed by atoms with Gasteiger partial charge in [-0.1, -0.05) is 26.2 Å². The zero-order chi connectivity index (χ0) is 18.2. The van der Waals surface area contributed by atoms with E-state index in [-0.39, 0.29) is 12.1 Å². The zero-order valence-electron chi connectivity index (χ0n) is 16.3. The minimum Gasteiger partial charge on any atom is -0.369 e. The molecule has 1 fully saturated rings. The third-order valence-electron chi connectivity index (χ3n) is 4.94. The molecule has 2 amide bonds. The average Bonchev–Trinajstić information content (AvgIpc) is 2.57. The first-order valence-electron chi connectivity index (χ1n) is 9.61. The van der Waals surface area contributed by atoms with Crippen LogP contribution in [0.4, 0.5) is 16.2 Å². The molecule has 2 rings (SSSR count). The molecule has 1 aliphatic heterocycles. The Labute approximate surface area is 152 Å². The van der Waals surface area contributed by atoms with E-state index < -0.39 is 0 Å². The SMILES string of the molecule is CCCCC[C@@H](C)NC(=O)Nc1ccc(N2CCN(C)CC2)cc1C. The van der Waals surface area contributed by atoms with E-state index in [0.29, 0.717) is 0 Å². The van der Waals surface area contributed by atoms with Crippen LogP contribution in [0.25, 0.3) is 0 Å². The van der Waals surface area contributed by atoms with Crippen molar-refractivity contribution in [1.29, 1.82) is 0 Å². The van der Waals surface area contributed by atoms with Gasteiger partial charge in [-0.25, -0.2) is 4.79 Å². The highest BCUT2D eigenvalue weighted by Crippen LogP contribution is 2.23. The molecule has 1 aromatic carbocycles. The maximum atomic E-state index is 12.2. The lowest BCUT2D eigenvalue weighted by Crippen LogP contribution is -2.44. The number of hydrogen-bond acceptors (Lipinski definition) is 3. The molecule has 2 N–H and O–H groups in total. The summed E-state index contributed by atoms with van der Waals surface area (Å²) in [5, 5.41) is 6.02. The van der Waals surface area contributed by atoms with Crippen molar-refractivity contribution in [3.05, 3.63) is 23.8 Å². The molecule has 5 heteroatoms. The number of aryl methyl sites for hydroxylation is 1. The van der Waals surface area contributed by atoms with Gasteiger partial charge in [0.25, 0.3) is 0 Å². The van der Waals surface area contributed by atoms with E-state index in [9.17, 15) is 4.79 Å². The number of anilines is 2. The average molecular weight is 347 g/mol. The first-order chi connectivity index (χ1) is 12.0. The van der Waals surface area contributed by atoms with E-state index in [4.69, 9.17) is 0 Å². The maximum absolute atomic E-state index is 12.2. The number of carbonyl (C=O) groups excluding carboxylic acids is 1. The summed E-state index contributed by atoms with van der Waals surface area (Å²) in [6.07, 6.45) is 4.62. The number of amides is 2. The number of urea groups is 1. The van der Waals surface area contributed by atoms with Crippen molar-refractivity contribution >= 4 is 17.4 Å². The molecule has 0 unspecified atom stereocenters. The number of hydrogen-bond donors (Lipinski definition) is 2. The highest BCUT2D eigenvalue weighted by Gasteiger charge is 2.15.